The second kappa shape index (κ2) is 9.54. The first kappa shape index (κ1) is 21.5. The van der Waals surface area contributed by atoms with Gasteiger partial charge in [0.15, 0.2) is 5.09 Å². The number of halogens is 4. The van der Waals surface area contributed by atoms with Crippen LogP contribution in [0.5, 0.6) is 5.75 Å². The summed E-state index contributed by atoms with van der Waals surface area (Å²) in [6, 6.07) is 8.88. The largest absolute Gasteiger partial charge is 0.489 e. The predicted octanol–water partition coefficient (Wildman–Crippen LogP) is 5.48. The molecule has 0 amide bonds. The molecule has 0 spiro atoms. The van der Waals surface area contributed by atoms with Gasteiger partial charge in [-0.1, -0.05) is 69.3 Å². The number of imidazole rings is 1. The van der Waals surface area contributed by atoms with Crippen molar-refractivity contribution in [2.45, 2.75) is 19.4 Å². The normalized spacial score (nSPS) is 10.8. The quantitative estimate of drug-likeness (QED) is 0.186. The van der Waals surface area contributed by atoms with Crippen LogP contribution in [0.3, 0.4) is 0 Å². The van der Waals surface area contributed by atoms with Crippen LogP contribution in [0.25, 0.3) is 0 Å². The molecule has 29 heavy (non-hydrogen) atoms. The van der Waals surface area contributed by atoms with Gasteiger partial charge in [0.05, 0.1) is 26.3 Å². The Bertz CT molecular complexity index is 1040. The zero-order valence-electron chi connectivity index (χ0n) is 14.6. The van der Waals surface area contributed by atoms with Gasteiger partial charge >= 0.3 is 0 Å². The molecule has 0 atom stereocenters. The molecule has 0 aliphatic heterocycles. The Balaban J connectivity index is 1.73. The molecular weight excluding hydrogens is 464 g/mol. The van der Waals surface area contributed by atoms with E-state index in [1.165, 1.54) is 18.5 Å². The number of hydrogen-bond donors (Lipinski definition) is 0. The molecule has 0 aliphatic carbocycles. The Labute approximate surface area is 185 Å². The summed E-state index contributed by atoms with van der Waals surface area (Å²) in [4.78, 5) is 19.1. The third-order valence-corrected chi connectivity index (χ3v) is 5.64. The van der Waals surface area contributed by atoms with E-state index in [9.17, 15) is 10.1 Å². The lowest BCUT2D eigenvalue weighted by atomic mass is 10.1. The van der Waals surface area contributed by atoms with Gasteiger partial charge in [0, 0.05) is 12.0 Å². The van der Waals surface area contributed by atoms with Gasteiger partial charge in [-0.2, -0.15) is 4.94 Å². The minimum Gasteiger partial charge on any atom is -0.489 e. The van der Waals surface area contributed by atoms with E-state index in [1.807, 2.05) is 18.2 Å². The molecule has 0 saturated carbocycles. The fraction of sp³-hybridized carbons (Fsp3) is 0.167. The van der Waals surface area contributed by atoms with Crippen LogP contribution in [-0.2, 0) is 19.4 Å². The lowest BCUT2D eigenvalue weighted by Crippen LogP contribution is -2.19. The van der Waals surface area contributed by atoms with Gasteiger partial charge in [0.2, 0.25) is 5.82 Å². The first-order chi connectivity index (χ1) is 13.9. The average Bonchev–Trinajstić information content (AvgIpc) is 3.11. The Morgan fingerprint density at radius 3 is 2.59 bits per heavy atom. The van der Waals surface area contributed by atoms with Crippen LogP contribution in [0.15, 0.2) is 42.7 Å². The summed E-state index contributed by atoms with van der Waals surface area (Å²) in [7, 11) is 0. The Morgan fingerprint density at radius 2 is 1.83 bits per heavy atom. The van der Waals surface area contributed by atoms with Gasteiger partial charge in [0.25, 0.3) is 0 Å². The molecule has 7 nitrogen and oxygen atoms in total. The maximum atomic E-state index is 10.5. The zero-order valence-corrected chi connectivity index (χ0v) is 17.7. The van der Waals surface area contributed by atoms with Crippen LogP contribution in [0.2, 0.25) is 20.1 Å². The molecule has 0 bridgehead atoms. The van der Waals surface area contributed by atoms with Crippen LogP contribution in [-0.4, -0.2) is 14.8 Å². The van der Waals surface area contributed by atoms with E-state index in [4.69, 9.17) is 51.1 Å². The van der Waals surface area contributed by atoms with E-state index in [1.54, 1.807) is 6.07 Å². The van der Waals surface area contributed by atoms with E-state index in [-0.39, 0.29) is 21.7 Å². The molecule has 1 heterocycles. The van der Waals surface area contributed by atoms with E-state index in [0.717, 1.165) is 10.3 Å². The molecule has 0 N–H and O–H groups in total. The summed E-state index contributed by atoms with van der Waals surface area (Å²) in [6.07, 6.45) is 3.71. The Hall–Kier alpha value is -2.19. The van der Waals surface area contributed by atoms with Gasteiger partial charge in [-0.3, -0.25) is 0 Å². The predicted molar refractivity (Wildman–Crippen MR) is 110 cm³/mol. The number of ether oxygens (including phenoxy) is 1. The molecule has 1 aromatic heterocycles. The molecule has 0 radical (unpaired) electrons. The minimum absolute atomic E-state index is 0.0879. The monoisotopic (exact) mass is 475 g/mol. The van der Waals surface area contributed by atoms with Crippen LogP contribution in [0.1, 0.15) is 17.0 Å². The fourth-order valence-electron chi connectivity index (χ4n) is 2.63. The van der Waals surface area contributed by atoms with Crippen molar-refractivity contribution in [3.8, 4) is 5.75 Å². The number of aryl methyl sites for hydroxylation is 2. The number of aromatic nitrogens is 2. The topological polar surface area (TPSA) is 79.4 Å². The lowest BCUT2D eigenvalue weighted by molar-refractivity contribution is -0.749. The first-order valence-electron chi connectivity index (χ1n) is 8.24. The highest BCUT2D eigenvalue weighted by Gasteiger charge is 2.16. The molecule has 3 aromatic rings. The number of hydrogen-bond acceptors (Lipinski definition) is 5. The number of benzene rings is 2. The van der Waals surface area contributed by atoms with E-state index < -0.39 is 5.09 Å². The molecule has 0 unspecified atom stereocenters. The number of nitrogens with zero attached hydrogens (tertiary/aromatic N) is 3. The summed E-state index contributed by atoms with van der Waals surface area (Å²) in [5, 5.41) is 10.7. The van der Waals surface area contributed by atoms with Gasteiger partial charge < -0.3 is 4.74 Å². The second-order valence-electron chi connectivity index (χ2n) is 5.82. The molecule has 11 heteroatoms. The molecule has 2 aromatic carbocycles. The summed E-state index contributed by atoms with van der Waals surface area (Å²) < 4.78 is 6.92. The van der Waals surface area contributed by atoms with Gasteiger partial charge in [-0.25, -0.2) is 15.1 Å². The van der Waals surface area contributed by atoms with Crippen molar-refractivity contribution in [2.75, 3.05) is 0 Å². The molecule has 0 aliphatic rings. The molecule has 0 saturated heterocycles. The van der Waals surface area contributed by atoms with Gasteiger partial charge in [-0.15, -0.1) is 0 Å². The maximum absolute atomic E-state index is 10.5. The van der Waals surface area contributed by atoms with Crippen LogP contribution in [0, 0.1) is 10.1 Å². The smallest absolute Gasteiger partial charge is 0.225 e. The van der Waals surface area contributed by atoms with E-state index >= 15 is 0 Å². The SMILES string of the molecule is O=[N+]([O-])On1ccnc1CCc1ccccc1OCc1c(Cl)cc(Cl)c(Cl)c1Cl. The summed E-state index contributed by atoms with van der Waals surface area (Å²) in [5.74, 6) is 1.02. The van der Waals surface area contributed by atoms with Crippen molar-refractivity contribution in [1.82, 2.24) is 9.71 Å². The van der Waals surface area contributed by atoms with Crippen molar-refractivity contribution in [2.24, 2.45) is 0 Å². The third kappa shape index (κ3) is 5.25. The number of para-hydroxylation sites is 1. The maximum Gasteiger partial charge on any atom is 0.225 e. The van der Waals surface area contributed by atoms with Crippen LogP contribution < -0.4 is 9.68 Å². The zero-order chi connectivity index (χ0) is 21.0. The highest BCUT2D eigenvalue weighted by molar-refractivity contribution is 6.49. The van der Waals surface area contributed by atoms with Crippen molar-refractivity contribution >= 4 is 46.4 Å². The van der Waals surface area contributed by atoms with E-state index in [2.05, 4.69) is 9.92 Å². The van der Waals surface area contributed by atoms with Crippen LogP contribution >= 0.6 is 46.4 Å². The van der Waals surface area contributed by atoms with Crippen molar-refractivity contribution in [3.05, 3.63) is 89.9 Å². The Morgan fingerprint density at radius 1 is 1.07 bits per heavy atom. The van der Waals surface area contributed by atoms with Crippen molar-refractivity contribution in [1.29, 1.82) is 0 Å². The highest BCUT2D eigenvalue weighted by Crippen LogP contribution is 2.38. The van der Waals surface area contributed by atoms with Crippen molar-refractivity contribution in [3.63, 3.8) is 0 Å². The summed E-state index contributed by atoms with van der Waals surface area (Å²) >= 11 is 24.5. The number of rotatable bonds is 8. The van der Waals surface area contributed by atoms with Crippen LogP contribution in [0.4, 0.5) is 0 Å². The summed E-state index contributed by atoms with van der Waals surface area (Å²) in [5.41, 5.74) is 1.39. The molecule has 152 valence electrons. The molecule has 0 fully saturated rings. The third-order valence-electron chi connectivity index (χ3n) is 4.01. The molecule has 3 rings (SSSR count). The Kier molecular flexibility index (Phi) is 7.08. The fourth-order valence-corrected chi connectivity index (χ4v) is 3.67. The summed E-state index contributed by atoms with van der Waals surface area (Å²) in [6.45, 7) is 0.0879. The second-order valence-corrected chi connectivity index (χ2v) is 7.39. The van der Waals surface area contributed by atoms with E-state index in [0.29, 0.717) is 35.0 Å². The minimum atomic E-state index is -0.896. The first-order valence-corrected chi connectivity index (χ1v) is 9.75. The standard InChI is InChI=1S/C18H13Cl4N3O4/c19-13-9-14(20)18(22)17(21)12(13)10-28-15-4-2-1-3-11(15)5-6-16-23-7-8-24(16)29-25(26)27/h1-4,7-9H,5-6,10H2. The molecular formula is C18H13Cl4N3O4. The average molecular weight is 477 g/mol. The van der Waals surface area contributed by atoms with Gasteiger partial charge in [0.1, 0.15) is 18.6 Å². The van der Waals surface area contributed by atoms with Gasteiger partial charge in [-0.05, 0) is 24.1 Å². The lowest BCUT2D eigenvalue weighted by Gasteiger charge is -2.14. The van der Waals surface area contributed by atoms with Crippen molar-refractivity contribution < 1.29 is 14.8 Å². The highest BCUT2D eigenvalue weighted by atomic mass is 35.5.